The normalized spacial score (nSPS) is 16.8. The van der Waals surface area contributed by atoms with Gasteiger partial charge in [0.25, 0.3) is 5.91 Å². The summed E-state index contributed by atoms with van der Waals surface area (Å²) in [5.41, 5.74) is 0.603. The number of rotatable bonds is 10. The van der Waals surface area contributed by atoms with Crippen LogP contribution in [0.15, 0.2) is 29.3 Å². The molecule has 1 heterocycles. The summed E-state index contributed by atoms with van der Waals surface area (Å²) in [5.74, 6) is 1.32. The van der Waals surface area contributed by atoms with Crippen LogP contribution in [-0.2, 0) is 9.47 Å². The molecule has 1 unspecified atom stereocenters. The van der Waals surface area contributed by atoms with Gasteiger partial charge in [0.2, 0.25) is 0 Å². The molecule has 1 amide bonds. The lowest BCUT2D eigenvalue weighted by atomic mass is 10.2. The molecule has 0 saturated carbocycles. The number of carbonyl (C=O) groups excluding carboxylic acids is 1. The Morgan fingerprint density at radius 2 is 1.93 bits per heavy atom. The molecule has 0 bridgehead atoms. The SMILES string of the molecule is CN=C(NCCCOC1CCOC1)NCCNC(=O)c1ccc(OC)cc1. The summed E-state index contributed by atoms with van der Waals surface area (Å²) in [6, 6.07) is 7.01. The van der Waals surface area contributed by atoms with E-state index >= 15 is 0 Å². The fourth-order valence-electron chi connectivity index (χ4n) is 2.60. The Bertz CT molecular complexity index is 586. The maximum absolute atomic E-state index is 12.1. The molecule has 1 aliphatic rings. The predicted molar refractivity (Wildman–Crippen MR) is 104 cm³/mol. The fraction of sp³-hybridized carbons (Fsp3) is 0.579. The van der Waals surface area contributed by atoms with E-state index in [1.54, 1.807) is 38.4 Å². The van der Waals surface area contributed by atoms with Gasteiger partial charge in [0.15, 0.2) is 5.96 Å². The Hall–Kier alpha value is -2.32. The maximum Gasteiger partial charge on any atom is 0.251 e. The number of carbonyl (C=O) groups is 1. The number of guanidine groups is 1. The Morgan fingerprint density at radius 1 is 1.19 bits per heavy atom. The molecule has 1 aromatic carbocycles. The molecule has 1 saturated heterocycles. The molecule has 1 fully saturated rings. The van der Waals surface area contributed by atoms with Crippen LogP contribution < -0.4 is 20.7 Å². The topological polar surface area (TPSA) is 93.2 Å². The van der Waals surface area contributed by atoms with E-state index in [0.29, 0.717) is 37.8 Å². The summed E-state index contributed by atoms with van der Waals surface area (Å²) >= 11 is 0. The van der Waals surface area contributed by atoms with Crippen LogP contribution in [0.25, 0.3) is 0 Å². The van der Waals surface area contributed by atoms with Crippen molar-refractivity contribution in [2.24, 2.45) is 4.99 Å². The molecule has 0 aromatic heterocycles. The third kappa shape index (κ3) is 7.84. The van der Waals surface area contributed by atoms with Crippen molar-refractivity contribution >= 4 is 11.9 Å². The van der Waals surface area contributed by atoms with E-state index in [1.807, 2.05) is 0 Å². The highest BCUT2D eigenvalue weighted by Crippen LogP contribution is 2.11. The van der Waals surface area contributed by atoms with Gasteiger partial charge in [0.1, 0.15) is 5.75 Å². The molecule has 0 spiro atoms. The molecule has 1 aliphatic heterocycles. The Morgan fingerprint density at radius 3 is 2.59 bits per heavy atom. The number of hydrogen-bond donors (Lipinski definition) is 3. The van der Waals surface area contributed by atoms with Gasteiger partial charge in [-0.05, 0) is 37.1 Å². The van der Waals surface area contributed by atoms with Crippen LogP contribution in [0.1, 0.15) is 23.2 Å². The van der Waals surface area contributed by atoms with Crippen LogP contribution in [0, 0.1) is 0 Å². The number of amides is 1. The van der Waals surface area contributed by atoms with E-state index in [2.05, 4.69) is 20.9 Å². The van der Waals surface area contributed by atoms with Gasteiger partial charge in [-0.15, -0.1) is 0 Å². The average Bonchev–Trinajstić information content (AvgIpc) is 3.22. The van der Waals surface area contributed by atoms with E-state index in [1.165, 1.54) is 0 Å². The van der Waals surface area contributed by atoms with Crippen molar-refractivity contribution in [2.45, 2.75) is 18.9 Å². The van der Waals surface area contributed by atoms with Gasteiger partial charge >= 0.3 is 0 Å². The highest BCUT2D eigenvalue weighted by atomic mass is 16.5. The van der Waals surface area contributed by atoms with E-state index < -0.39 is 0 Å². The molecule has 0 aliphatic carbocycles. The summed E-state index contributed by atoms with van der Waals surface area (Å²) < 4.78 is 16.1. The first-order valence-corrected chi connectivity index (χ1v) is 9.29. The van der Waals surface area contributed by atoms with E-state index in [4.69, 9.17) is 14.2 Å². The smallest absolute Gasteiger partial charge is 0.251 e. The summed E-state index contributed by atoms with van der Waals surface area (Å²) in [4.78, 5) is 16.2. The van der Waals surface area contributed by atoms with Gasteiger partial charge in [0, 0.05) is 45.5 Å². The molecule has 0 radical (unpaired) electrons. The first-order chi connectivity index (χ1) is 13.2. The first-order valence-electron chi connectivity index (χ1n) is 9.29. The molecule has 3 N–H and O–H groups in total. The fourth-order valence-corrected chi connectivity index (χ4v) is 2.60. The molecule has 1 aromatic rings. The average molecular weight is 378 g/mol. The summed E-state index contributed by atoms with van der Waals surface area (Å²) in [6.45, 7) is 4.06. The largest absolute Gasteiger partial charge is 0.497 e. The van der Waals surface area contributed by atoms with E-state index in [0.717, 1.165) is 31.7 Å². The molecular weight excluding hydrogens is 348 g/mol. The third-order valence-corrected chi connectivity index (χ3v) is 4.13. The zero-order chi connectivity index (χ0) is 19.3. The van der Waals surface area contributed by atoms with Crippen molar-refractivity contribution in [3.05, 3.63) is 29.8 Å². The number of nitrogens with one attached hydrogen (secondary N) is 3. The monoisotopic (exact) mass is 378 g/mol. The highest BCUT2D eigenvalue weighted by molar-refractivity contribution is 5.94. The number of methoxy groups -OCH3 is 1. The van der Waals surface area contributed by atoms with Crippen LogP contribution in [0.5, 0.6) is 5.75 Å². The molecule has 8 heteroatoms. The van der Waals surface area contributed by atoms with Crippen LogP contribution in [-0.4, -0.2) is 71.6 Å². The van der Waals surface area contributed by atoms with Crippen molar-refractivity contribution in [1.82, 2.24) is 16.0 Å². The number of aliphatic imine (C=N–C) groups is 1. The maximum atomic E-state index is 12.1. The van der Waals surface area contributed by atoms with Gasteiger partial charge in [-0.2, -0.15) is 0 Å². The first kappa shape index (κ1) is 21.0. The zero-order valence-electron chi connectivity index (χ0n) is 16.1. The zero-order valence-corrected chi connectivity index (χ0v) is 16.1. The second-order valence-electron chi connectivity index (χ2n) is 6.12. The lowest BCUT2D eigenvalue weighted by Gasteiger charge is -2.13. The lowest BCUT2D eigenvalue weighted by Crippen LogP contribution is -2.42. The van der Waals surface area contributed by atoms with E-state index in [-0.39, 0.29) is 12.0 Å². The van der Waals surface area contributed by atoms with Crippen LogP contribution in [0.3, 0.4) is 0 Å². The quantitative estimate of drug-likeness (QED) is 0.317. The second kappa shape index (κ2) is 12.1. The van der Waals surface area contributed by atoms with Crippen LogP contribution in [0.2, 0.25) is 0 Å². The van der Waals surface area contributed by atoms with E-state index in [9.17, 15) is 4.79 Å². The minimum absolute atomic E-state index is 0.115. The molecule has 8 nitrogen and oxygen atoms in total. The standard InChI is InChI=1S/C19H30N4O4/c1-20-19(22-9-3-12-27-17-8-13-26-14-17)23-11-10-21-18(24)15-4-6-16(25-2)7-5-15/h4-7,17H,3,8-14H2,1-2H3,(H,21,24)(H2,20,22,23). The highest BCUT2D eigenvalue weighted by Gasteiger charge is 2.15. The number of benzene rings is 1. The molecular formula is C19H30N4O4. The minimum atomic E-state index is -0.115. The summed E-state index contributed by atoms with van der Waals surface area (Å²) in [6.07, 6.45) is 2.13. The molecule has 2 rings (SSSR count). The summed E-state index contributed by atoms with van der Waals surface area (Å²) in [7, 11) is 3.32. The van der Waals surface area contributed by atoms with Gasteiger partial charge < -0.3 is 30.2 Å². The van der Waals surface area contributed by atoms with Gasteiger partial charge in [-0.25, -0.2) is 0 Å². The Kier molecular flexibility index (Phi) is 9.43. The number of hydrogen-bond acceptors (Lipinski definition) is 5. The second-order valence-corrected chi connectivity index (χ2v) is 6.12. The van der Waals surface area contributed by atoms with Gasteiger partial charge in [-0.3, -0.25) is 9.79 Å². The van der Waals surface area contributed by atoms with Crippen molar-refractivity contribution in [2.75, 3.05) is 53.6 Å². The van der Waals surface area contributed by atoms with Crippen molar-refractivity contribution in [3.63, 3.8) is 0 Å². The predicted octanol–water partition coefficient (Wildman–Crippen LogP) is 0.786. The van der Waals surface area contributed by atoms with Gasteiger partial charge in [-0.1, -0.05) is 0 Å². The summed E-state index contributed by atoms with van der Waals surface area (Å²) in [5, 5.41) is 9.26. The van der Waals surface area contributed by atoms with Crippen molar-refractivity contribution in [1.29, 1.82) is 0 Å². The molecule has 27 heavy (non-hydrogen) atoms. The Labute approximate surface area is 160 Å². The van der Waals surface area contributed by atoms with Crippen molar-refractivity contribution in [3.8, 4) is 5.75 Å². The Balaban J connectivity index is 1.53. The molecule has 150 valence electrons. The van der Waals surface area contributed by atoms with Crippen molar-refractivity contribution < 1.29 is 19.0 Å². The number of nitrogens with zero attached hydrogens (tertiary/aromatic N) is 1. The molecule has 1 atom stereocenters. The lowest BCUT2D eigenvalue weighted by molar-refractivity contribution is 0.0420. The number of ether oxygens (including phenoxy) is 3. The third-order valence-electron chi connectivity index (χ3n) is 4.13. The van der Waals surface area contributed by atoms with Crippen LogP contribution >= 0.6 is 0 Å². The minimum Gasteiger partial charge on any atom is -0.497 e. The van der Waals surface area contributed by atoms with Crippen LogP contribution in [0.4, 0.5) is 0 Å². The van der Waals surface area contributed by atoms with Gasteiger partial charge in [0.05, 0.1) is 19.8 Å².